The van der Waals surface area contributed by atoms with Gasteiger partial charge in [0.05, 0.1) is 23.8 Å². The Kier molecular flexibility index (Phi) is 1.80. The zero-order valence-electron chi connectivity index (χ0n) is 8.94. The summed E-state index contributed by atoms with van der Waals surface area (Å²) in [6.07, 6.45) is 3.67. The molecule has 0 N–H and O–H groups in total. The minimum Gasteiger partial charge on any atom is -0.218 e. The standard InChI is InChI=1S/C10H14N4/c1-7-5-11-9-12-8(10(2,3)4)6-14(9)13-7/h5-6H,1-4H3. The van der Waals surface area contributed by atoms with Crippen LogP contribution in [0.3, 0.4) is 0 Å². The summed E-state index contributed by atoms with van der Waals surface area (Å²) in [6.45, 7) is 8.30. The van der Waals surface area contributed by atoms with Crippen LogP contribution in [0.25, 0.3) is 5.78 Å². The lowest BCUT2D eigenvalue weighted by Crippen LogP contribution is -2.11. The Bertz CT molecular complexity index is 464. The van der Waals surface area contributed by atoms with E-state index in [0.29, 0.717) is 5.78 Å². The number of aryl methyl sites for hydroxylation is 1. The Morgan fingerprint density at radius 1 is 1.29 bits per heavy atom. The maximum atomic E-state index is 4.41. The van der Waals surface area contributed by atoms with E-state index in [-0.39, 0.29) is 5.41 Å². The average molecular weight is 190 g/mol. The third kappa shape index (κ3) is 1.47. The second-order valence-corrected chi connectivity index (χ2v) is 4.52. The second kappa shape index (κ2) is 2.77. The van der Waals surface area contributed by atoms with Gasteiger partial charge in [-0.3, -0.25) is 0 Å². The number of nitrogens with zero attached hydrogens (tertiary/aromatic N) is 4. The third-order valence-electron chi connectivity index (χ3n) is 2.07. The lowest BCUT2D eigenvalue weighted by Gasteiger charge is -2.13. The zero-order chi connectivity index (χ0) is 10.3. The summed E-state index contributed by atoms with van der Waals surface area (Å²) in [6, 6.07) is 0. The highest BCUT2D eigenvalue weighted by Crippen LogP contribution is 2.20. The van der Waals surface area contributed by atoms with Crippen molar-refractivity contribution in [2.45, 2.75) is 33.1 Å². The van der Waals surface area contributed by atoms with Gasteiger partial charge in [0.25, 0.3) is 5.78 Å². The van der Waals surface area contributed by atoms with Gasteiger partial charge >= 0.3 is 0 Å². The Morgan fingerprint density at radius 3 is 2.64 bits per heavy atom. The highest BCUT2D eigenvalue weighted by atomic mass is 15.3. The van der Waals surface area contributed by atoms with E-state index in [4.69, 9.17) is 0 Å². The monoisotopic (exact) mass is 190 g/mol. The molecule has 0 atom stereocenters. The second-order valence-electron chi connectivity index (χ2n) is 4.52. The van der Waals surface area contributed by atoms with Crippen molar-refractivity contribution in [2.75, 3.05) is 0 Å². The summed E-state index contributed by atoms with van der Waals surface area (Å²) in [7, 11) is 0. The molecule has 2 rings (SSSR count). The number of aromatic nitrogens is 4. The molecule has 0 bridgehead atoms. The molecular formula is C10H14N4. The van der Waals surface area contributed by atoms with Crippen LogP contribution >= 0.6 is 0 Å². The maximum Gasteiger partial charge on any atom is 0.250 e. The molecule has 4 nitrogen and oxygen atoms in total. The van der Waals surface area contributed by atoms with Crippen molar-refractivity contribution in [1.29, 1.82) is 0 Å². The molecule has 0 spiro atoms. The van der Waals surface area contributed by atoms with Gasteiger partial charge < -0.3 is 0 Å². The number of imidazole rings is 1. The van der Waals surface area contributed by atoms with Crippen LogP contribution in [-0.4, -0.2) is 19.6 Å². The summed E-state index contributed by atoms with van der Waals surface area (Å²) in [5, 5.41) is 4.30. The molecule has 2 aromatic rings. The Hall–Kier alpha value is -1.45. The molecule has 0 aliphatic rings. The minimum atomic E-state index is 0.0449. The molecular weight excluding hydrogens is 176 g/mol. The number of hydrogen-bond donors (Lipinski definition) is 0. The lowest BCUT2D eigenvalue weighted by atomic mass is 9.93. The lowest BCUT2D eigenvalue weighted by molar-refractivity contribution is 0.572. The van der Waals surface area contributed by atoms with Crippen LogP contribution in [0.5, 0.6) is 0 Å². The molecule has 0 saturated heterocycles. The predicted octanol–water partition coefficient (Wildman–Crippen LogP) is 1.73. The predicted molar refractivity (Wildman–Crippen MR) is 54.2 cm³/mol. The van der Waals surface area contributed by atoms with Crippen molar-refractivity contribution in [3.05, 3.63) is 23.8 Å². The summed E-state index contributed by atoms with van der Waals surface area (Å²) < 4.78 is 1.73. The van der Waals surface area contributed by atoms with Gasteiger partial charge in [-0.1, -0.05) is 20.8 Å². The van der Waals surface area contributed by atoms with Gasteiger partial charge in [-0.25, -0.2) is 14.5 Å². The highest BCUT2D eigenvalue weighted by Gasteiger charge is 2.18. The molecule has 2 aromatic heterocycles. The van der Waals surface area contributed by atoms with Gasteiger partial charge in [0.2, 0.25) is 0 Å². The first kappa shape index (κ1) is 9.12. The molecule has 0 amide bonds. The Labute approximate surface area is 83.0 Å². The van der Waals surface area contributed by atoms with Crippen LogP contribution in [0.4, 0.5) is 0 Å². The first-order valence-corrected chi connectivity index (χ1v) is 4.66. The molecule has 14 heavy (non-hydrogen) atoms. The molecule has 0 aromatic carbocycles. The SMILES string of the molecule is Cc1cnc2nc(C(C)(C)C)cn2n1. The van der Waals surface area contributed by atoms with Gasteiger partial charge in [-0.15, -0.1) is 0 Å². The van der Waals surface area contributed by atoms with Crippen LogP contribution < -0.4 is 0 Å². The van der Waals surface area contributed by atoms with E-state index < -0.39 is 0 Å². The minimum absolute atomic E-state index is 0.0449. The molecule has 74 valence electrons. The number of rotatable bonds is 0. The fourth-order valence-electron chi connectivity index (χ4n) is 1.23. The number of hydrogen-bond acceptors (Lipinski definition) is 3. The fraction of sp³-hybridized carbons (Fsp3) is 0.500. The normalized spacial score (nSPS) is 12.3. The molecule has 0 aliphatic heterocycles. The van der Waals surface area contributed by atoms with E-state index in [9.17, 15) is 0 Å². The van der Waals surface area contributed by atoms with E-state index in [1.54, 1.807) is 10.7 Å². The van der Waals surface area contributed by atoms with E-state index >= 15 is 0 Å². The van der Waals surface area contributed by atoms with Crippen molar-refractivity contribution in [2.24, 2.45) is 0 Å². The average Bonchev–Trinajstić information content (AvgIpc) is 2.45. The Balaban J connectivity index is 2.63. The fourth-order valence-corrected chi connectivity index (χ4v) is 1.23. The molecule has 2 heterocycles. The van der Waals surface area contributed by atoms with Crippen LogP contribution in [0, 0.1) is 6.92 Å². The summed E-state index contributed by atoms with van der Waals surface area (Å²) in [4.78, 5) is 8.62. The number of fused-ring (bicyclic) bond motifs is 1. The first-order valence-electron chi connectivity index (χ1n) is 4.66. The Morgan fingerprint density at radius 2 is 2.00 bits per heavy atom. The zero-order valence-corrected chi connectivity index (χ0v) is 8.94. The van der Waals surface area contributed by atoms with Crippen LogP contribution in [0.2, 0.25) is 0 Å². The molecule has 0 aliphatic carbocycles. The van der Waals surface area contributed by atoms with E-state index in [2.05, 4.69) is 35.8 Å². The van der Waals surface area contributed by atoms with Gasteiger partial charge in [0.15, 0.2) is 0 Å². The van der Waals surface area contributed by atoms with Crippen molar-refractivity contribution >= 4 is 5.78 Å². The summed E-state index contributed by atoms with van der Waals surface area (Å²) >= 11 is 0. The van der Waals surface area contributed by atoms with Crippen molar-refractivity contribution in [1.82, 2.24) is 19.6 Å². The van der Waals surface area contributed by atoms with Crippen molar-refractivity contribution < 1.29 is 0 Å². The van der Waals surface area contributed by atoms with Crippen LogP contribution in [-0.2, 0) is 5.41 Å². The van der Waals surface area contributed by atoms with Gasteiger partial charge in [-0.2, -0.15) is 5.10 Å². The smallest absolute Gasteiger partial charge is 0.218 e. The third-order valence-corrected chi connectivity index (χ3v) is 2.07. The molecule has 0 radical (unpaired) electrons. The largest absolute Gasteiger partial charge is 0.250 e. The van der Waals surface area contributed by atoms with E-state index in [0.717, 1.165) is 11.4 Å². The maximum absolute atomic E-state index is 4.41. The molecule has 0 fully saturated rings. The van der Waals surface area contributed by atoms with Gasteiger partial charge in [0.1, 0.15) is 0 Å². The summed E-state index contributed by atoms with van der Waals surface area (Å²) in [5.41, 5.74) is 1.96. The van der Waals surface area contributed by atoms with Crippen molar-refractivity contribution in [3.8, 4) is 0 Å². The van der Waals surface area contributed by atoms with Crippen molar-refractivity contribution in [3.63, 3.8) is 0 Å². The van der Waals surface area contributed by atoms with Gasteiger partial charge in [-0.05, 0) is 6.92 Å². The van der Waals surface area contributed by atoms with Crippen LogP contribution in [0.1, 0.15) is 32.2 Å². The quantitative estimate of drug-likeness (QED) is 0.635. The van der Waals surface area contributed by atoms with Crippen LogP contribution in [0.15, 0.2) is 12.4 Å². The van der Waals surface area contributed by atoms with E-state index in [1.807, 2.05) is 13.1 Å². The molecule has 4 heteroatoms. The summed E-state index contributed by atoms with van der Waals surface area (Å²) in [5.74, 6) is 0.667. The van der Waals surface area contributed by atoms with E-state index in [1.165, 1.54) is 0 Å². The van der Waals surface area contributed by atoms with Gasteiger partial charge in [0, 0.05) is 5.41 Å². The highest BCUT2D eigenvalue weighted by molar-refractivity contribution is 5.30. The molecule has 0 saturated carbocycles. The molecule has 0 unspecified atom stereocenters. The topological polar surface area (TPSA) is 43.1 Å². The first-order chi connectivity index (χ1) is 6.47.